The fraction of sp³-hybridized carbons (Fsp3) is 0.462. The van der Waals surface area contributed by atoms with E-state index < -0.39 is 0 Å². The van der Waals surface area contributed by atoms with Gasteiger partial charge in [0.25, 0.3) is 0 Å². The van der Waals surface area contributed by atoms with E-state index in [0.29, 0.717) is 18.4 Å². The molecule has 19 heavy (non-hydrogen) atoms. The highest BCUT2D eigenvalue weighted by Crippen LogP contribution is 2.12. The Hall–Kier alpha value is -1.69. The Morgan fingerprint density at radius 3 is 3.00 bits per heavy atom. The zero-order valence-corrected chi connectivity index (χ0v) is 12.0. The molecule has 0 aromatic carbocycles. The van der Waals surface area contributed by atoms with Crippen molar-refractivity contribution in [1.82, 2.24) is 15.0 Å². The Morgan fingerprint density at radius 2 is 2.26 bits per heavy atom. The van der Waals surface area contributed by atoms with Gasteiger partial charge in [-0.2, -0.15) is 4.98 Å². The van der Waals surface area contributed by atoms with E-state index in [2.05, 4.69) is 32.6 Å². The zero-order valence-electron chi connectivity index (χ0n) is 11.2. The van der Waals surface area contributed by atoms with Crippen LogP contribution in [0.25, 0.3) is 0 Å². The Labute approximate surface area is 117 Å². The largest absolute Gasteiger partial charge is 0.478 e. The van der Waals surface area contributed by atoms with Crippen LogP contribution in [-0.4, -0.2) is 28.1 Å². The van der Waals surface area contributed by atoms with Gasteiger partial charge in [0.05, 0.1) is 17.8 Å². The molecule has 0 saturated carbocycles. The summed E-state index contributed by atoms with van der Waals surface area (Å²) in [5.41, 5.74) is 3.83. The van der Waals surface area contributed by atoms with Crippen molar-refractivity contribution >= 4 is 17.3 Å². The van der Waals surface area contributed by atoms with Crippen molar-refractivity contribution in [1.29, 1.82) is 0 Å². The normalized spacial score (nSPS) is 10.4. The van der Waals surface area contributed by atoms with Crippen LogP contribution in [0.4, 0.5) is 5.95 Å². The molecule has 0 amide bonds. The number of anilines is 1. The SMILES string of the molecule is CCCOc1cc(C)nc(NCCc2cscn2)n1. The van der Waals surface area contributed by atoms with Crippen molar-refractivity contribution in [3.63, 3.8) is 0 Å². The molecule has 6 heteroatoms. The second kappa shape index (κ2) is 7.04. The van der Waals surface area contributed by atoms with Gasteiger partial charge in [0.1, 0.15) is 0 Å². The van der Waals surface area contributed by atoms with Crippen LogP contribution in [0.1, 0.15) is 24.7 Å². The van der Waals surface area contributed by atoms with Crippen LogP contribution in [0.2, 0.25) is 0 Å². The molecule has 0 unspecified atom stereocenters. The predicted octanol–water partition coefficient (Wildman–Crippen LogP) is 2.68. The highest BCUT2D eigenvalue weighted by atomic mass is 32.1. The van der Waals surface area contributed by atoms with Crippen molar-refractivity contribution in [2.75, 3.05) is 18.5 Å². The number of aromatic nitrogens is 3. The highest BCUT2D eigenvalue weighted by molar-refractivity contribution is 7.07. The van der Waals surface area contributed by atoms with Gasteiger partial charge in [-0.05, 0) is 13.3 Å². The molecule has 2 heterocycles. The lowest BCUT2D eigenvalue weighted by molar-refractivity contribution is 0.305. The van der Waals surface area contributed by atoms with Crippen LogP contribution >= 0.6 is 11.3 Å². The molecular weight excluding hydrogens is 260 g/mol. The summed E-state index contributed by atoms with van der Waals surface area (Å²) in [6, 6.07) is 1.85. The van der Waals surface area contributed by atoms with Gasteiger partial charge >= 0.3 is 0 Å². The summed E-state index contributed by atoms with van der Waals surface area (Å²) >= 11 is 1.61. The molecule has 2 rings (SSSR count). The predicted molar refractivity (Wildman–Crippen MR) is 76.9 cm³/mol. The first-order chi connectivity index (χ1) is 9.28. The molecule has 2 aromatic heterocycles. The van der Waals surface area contributed by atoms with Gasteiger partial charge in [0.2, 0.25) is 11.8 Å². The van der Waals surface area contributed by atoms with E-state index in [1.165, 1.54) is 0 Å². The molecule has 5 nitrogen and oxygen atoms in total. The van der Waals surface area contributed by atoms with E-state index in [-0.39, 0.29) is 0 Å². The van der Waals surface area contributed by atoms with E-state index in [1.807, 2.05) is 18.5 Å². The summed E-state index contributed by atoms with van der Waals surface area (Å²) in [5, 5.41) is 5.25. The van der Waals surface area contributed by atoms with E-state index in [4.69, 9.17) is 4.74 Å². The van der Waals surface area contributed by atoms with Crippen LogP contribution < -0.4 is 10.1 Å². The average molecular weight is 278 g/mol. The van der Waals surface area contributed by atoms with Gasteiger partial charge in [-0.3, -0.25) is 0 Å². The van der Waals surface area contributed by atoms with E-state index in [0.717, 1.165) is 30.8 Å². The molecule has 0 aliphatic heterocycles. The van der Waals surface area contributed by atoms with E-state index in [9.17, 15) is 0 Å². The Kier molecular flexibility index (Phi) is 5.09. The van der Waals surface area contributed by atoms with Crippen molar-refractivity contribution in [3.05, 3.63) is 28.3 Å². The number of rotatable bonds is 7. The van der Waals surface area contributed by atoms with Gasteiger partial charge in [-0.25, -0.2) is 9.97 Å². The number of hydrogen-bond donors (Lipinski definition) is 1. The first kappa shape index (κ1) is 13.7. The second-order valence-corrected chi connectivity index (χ2v) is 4.89. The van der Waals surface area contributed by atoms with Crippen LogP contribution in [0.15, 0.2) is 17.0 Å². The van der Waals surface area contributed by atoms with Gasteiger partial charge in [-0.1, -0.05) is 6.92 Å². The number of ether oxygens (including phenoxy) is 1. The molecule has 0 aliphatic rings. The van der Waals surface area contributed by atoms with Crippen molar-refractivity contribution in [2.45, 2.75) is 26.7 Å². The third-order valence-corrected chi connectivity index (χ3v) is 3.07. The molecule has 0 fully saturated rings. The molecule has 2 aromatic rings. The standard InChI is InChI=1S/C13H18N4OS/c1-3-6-18-12-7-10(2)16-13(17-12)14-5-4-11-8-19-9-15-11/h7-9H,3-6H2,1-2H3,(H,14,16,17). The van der Waals surface area contributed by atoms with Gasteiger partial charge in [-0.15, -0.1) is 11.3 Å². The maximum Gasteiger partial charge on any atom is 0.226 e. The zero-order chi connectivity index (χ0) is 13.5. The van der Waals surface area contributed by atoms with Crippen molar-refractivity contribution in [2.24, 2.45) is 0 Å². The first-order valence-corrected chi connectivity index (χ1v) is 7.31. The van der Waals surface area contributed by atoms with Gasteiger partial charge in [0, 0.05) is 30.1 Å². The highest BCUT2D eigenvalue weighted by Gasteiger charge is 2.03. The van der Waals surface area contributed by atoms with Gasteiger partial charge < -0.3 is 10.1 Å². The second-order valence-electron chi connectivity index (χ2n) is 4.18. The minimum absolute atomic E-state index is 0.612. The topological polar surface area (TPSA) is 59.9 Å². The summed E-state index contributed by atoms with van der Waals surface area (Å²) < 4.78 is 5.53. The third-order valence-electron chi connectivity index (χ3n) is 2.43. The molecule has 102 valence electrons. The summed E-state index contributed by atoms with van der Waals surface area (Å²) in [7, 11) is 0. The Bertz CT molecular complexity index is 501. The lowest BCUT2D eigenvalue weighted by atomic mass is 10.3. The van der Waals surface area contributed by atoms with Crippen molar-refractivity contribution < 1.29 is 4.74 Å². The first-order valence-electron chi connectivity index (χ1n) is 6.37. The van der Waals surface area contributed by atoms with Crippen LogP contribution in [0.5, 0.6) is 5.88 Å². The average Bonchev–Trinajstić information content (AvgIpc) is 2.89. The molecule has 0 saturated heterocycles. The number of nitrogens with zero attached hydrogens (tertiary/aromatic N) is 3. The monoisotopic (exact) mass is 278 g/mol. The van der Waals surface area contributed by atoms with E-state index in [1.54, 1.807) is 11.3 Å². The minimum Gasteiger partial charge on any atom is -0.478 e. The smallest absolute Gasteiger partial charge is 0.226 e. The quantitative estimate of drug-likeness (QED) is 0.843. The summed E-state index contributed by atoms with van der Waals surface area (Å²) in [4.78, 5) is 12.9. The summed E-state index contributed by atoms with van der Waals surface area (Å²) in [5.74, 6) is 1.24. The minimum atomic E-state index is 0.612. The number of hydrogen-bond acceptors (Lipinski definition) is 6. The lowest BCUT2D eigenvalue weighted by Crippen LogP contribution is -2.09. The fourth-order valence-corrected chi connectivity index (χ4v) is 2.16. The van der Waals surface area contributed by atoms with E-state index >= 15 is 0 Å². The maximum absolute atomic E-state index is 5.53. The fourth-order valence-electron chi connectivity index (χ4n) is 1.56. The number of aryl methyl sites for hydroxylation is 1. The summed E-state index contributed by atoms with van der Waals surface area (Å²) in [6.07, 6.45) is 1.83. The van der Waals surface area contributed by atoms with Crippen LogP contribution in [0, 0.1) is 6.92 Å². The molecule has 1 N–H and O–H groups in total. The molecule has 0 radical (unpaired) electrons. The van der Waals surface area contributed by atoms with Gasteiger partial charge in [0.15, 0.2) is 0 Å². The van der Waals surface area contributed by atoms with Crippen LogP contribution in [0.3, 0.4) is 0 Å². The molecule has 0 bridgehead atoms. The number of thiazole rings is 1. The maximum atomic E-state index is 5.53. The molecule has 0 aliphatic carbocycles. The Balaban J connectivity index is 1.90. The molecule has 0 atom stereocenters. The van der Waals surface area contributed by atoms with Crippen LogP contribution in [-0.2, 0) is 6.42 Å². The number of nitrogens with one attached hydrogen (secondary N) is 1. The Morgan fingerprint density at radius 1 is 1.37 bits per heavy atom. The third kappa shape index (κ3) is 4.48. The molecular formula is C13H18N4OS. The van der Waals surface area contributed by atoms with Crippen molar-refractivity contribution in [3.8, 4) is 5.88 Å². The lowest BCUT2D eigenvalue weighted by Gasteiger charge is -2.08. The summed E-state index contributed by atoms with van der Waals surface area (Å²) in [6.45, 7) is 5.45. The molecule has 0 spiro atoms.